The van der Waals surface area contributed by atoms with Gasteiger partial charge in [-0.3, -0.25) is 4.79 Å². The summed E-state index contributed by atoms with van der Waals surface area (Å²) in [5, 5.41) is 5.13. The molecule has 0 bridgehead atoms. The second kappa shape index (κ2) is 7.64. The molecule has 0 radical (unpaired) electrons. The van der Waals surface area contributed by atoms with Crippen molar-refractivity contribution < 1.29 is 9.53 Å². The van der Waals surface area contributed by atoms with Crippen LogP contribution in [-0.4, -0.2) is 12.5 Å². The fraction of sp³-hybridized carbons (Fsp3) is 0.190. The van der Waals surface area contributed by atoms with Crippen LogP contribution in [0, 0.1) is 0 Å². The zero-order chi connectivity index (χ0) is 16.8. The lowest BCUT2D eigenvalue weighted by molar-refractivity contribution is 0.102. The molecule has 0 aliphatic heterocycles. The lowest BCUT2D eigenvalue weighted by Crippen LogP contribution is -2.12. The molecule has 0 saturated carbocycles. The topological polar surface area (TPSA) is 38.3 Å². The lowest BCUT2D eigenvalue weighted by atomic mass is 10.1. The minimum absolute atomic E-state index is 0.119. The van der Waals surface area contributed by atoms with Gasteiger partial charge in [0.05, 0.1) is 6.61 Å². The number of anilines is 1. The molecule has 3 nitrogen and oxygen atoms in total. The first-order chi connectivity index (χ1) is 11.8. The van der Waals surface area contributed by atoms with Crippen LogP contribution in [0.5, 0.6) is 5.75 Å². The largest absolute Gasteiger partial charge is 0.494 e. The van der Waals surface area contributed by atoms with E-state index in [1.54, 1.807) is 12.1 Å². The van der Waals surface area contributed by atoms with Crippen LogP contribution in [0.15, 0.2) is 66.7 Å². The minimum atomic E-state index is -0.119. The van der Waals surface area contributed by atoms with Crippen LogP contribution in [0.25, 0.3) is 10.8 Å². The molecule has 122 valence electrons. The summed E-state index contributed by atoms with van der Waals surface area (Å²) in [7, 11) is 0. The highest BCUT2D eigenvalue weighted by Crippen LogP contribution is 2.23. The van der Waals surface area contributed by atoms with E-state index in [2.05, 4.69) is 12.2 Å². The predicted molar refractivity (Wildman–Crippen MR) is 98.7 cm³/mol. The van der Waals surface area contributed by atoms with Gasteiger partial charge in [-0.25, -0.2) is 0 Å². The average Bonchev–Trinajstić information content (AvgIpc) is 2.63. The van der Waals surface area contributed by atoms with Gasteiger partial charge in [-0.15, -0.1) is 0 Å². The van der Waals surface area contributed by atoms with E-state index in [0.717, 1.165) is 35.1 Å². The van der Waals surface area contributed by atoms with E-state index in [1.165, 1.54) is 0 Å². The molecule has 3 aromatic rings. The number of hydrogen-bond acceptors (Lipinski definition) is 2. The van der Waals surface area contributed by atoms with Crippen LogP contribution in [0.1, 0.15) is 30.1 Å². The SMILES string of the molecule is CCCCOc1ccc(C(=O)Nc2cccc3ccccc23)cc1. The Hall–Kier alpha value is -2.81. The Morgan fingerprint density at radius 3 is 2.50 bits per heavy atom. The van der Waals surface area contributed by atoms with Gasteiger partial charge in [0.15, 0.2) is 0 Å². The van der Waals surface area contributed by atoms with Gasteiger partial charge in [0.25, 0.3) is 5.91 Å². The highest BCUT2D eigenvalue weighted by molar-refractivity contribution is 6.09. The fourth-order valence-corrected chi connectivity index (χ4v) is 2.57. The Balaban J connectivity index is 1.72. The summed E-state index contributed by atoms with van der Waals surface area (Å²) in [5.41, 5.74) is 1.44. The van der Waals surface area contributed by atoms with Crippen molar-refractivity contribution in [1.82, 2.24) is 0 Å². The summed E-state index contributed by atoms with van der Waals surface area (Å²) < 4.78 is 5.63. The molecule has 3 aromatic carbocycles. The quantitative estimate of drug-likeness (QED) is 0.628. The Labute approximate surface area is 142 Å². The van der Waals surface area contributed by atoms with Crippen molar-refractivity contribution in [3.63, 3.8) is 0 Å². The zero-order valence-corrected chi connectivity index (χ0v) is 13.8. The van der Waals surface area contributed by atoms with E-state index < -0.39 is 0 Å². The number of unbranched alkanes of at least 4 members (excludes halogenated alkanes) is 1. The molecule has 0 fully saturated rings. The number of hydrogen-bond donors (Lipinski definition) is 1. The van der Waals surface area contributed by atoms with Gasteiger partial charge >= 0.3 is 0 Å². The van der Waals surface area contributed by atoms with E-state index in [4.69, 9.17) is 4.74 Å². The van der Waals surface area contributed by atoms with Crippen molar-refractivity contribution in [2.45, 2.75) is 19.8 Å². The molecule has 0 heterocycles. The maximum absolute atomic E-state index is 12.5. The van der Waals surface area contributed by atoms with Crippen LogP contribution >= 0.6 is 0 Å². The number of nitrogens with one attached hydrogen (secondary N) is 1. The van der Waals surface area contributed by atoms with E-state index >= 15 is 0 Å². The van der Waals surface area contributed by atoms with Crippen LogP contribution < -0.4 is 10.1 Å². The molecular formula is C21H21NO2. The zero-order valence-electron chi connectivity index (χ0n) is 13.8. The van der Waals surface area contributed by atoms with Crippen LogP contribution in [0.2, 0.25) is 0 Å². The predicted octanol–water partition coefficient (Wildman–Crippen LogP) is 5.27. The lowest BCUT2D eigenvalue weighted by Gasteiger charge is -2.10. The monoisotopic (exact) mass is 319 g/mol. The Morgan fingerprint density at radius 2 is 1.71 bits per heavy atom. The number of carbonyl (C=O) groups excluding carboxylic acids is 1. The van der Waals surface area contributed by atoms with Gasteiger partial charge in [0.2, 0.25) is 0 Å². The summed E-state index contributed by atoms with van der Waals surface area (Å²) in [6.07, 6.45) is 2.13. The molecular weight excluding hydrogens is 298 g/mol. The molecule has 3 rings (SSSR count). The summed E-state index contributed by atoms with van der Waals surface area (Å²) in [6, 6.07) is 21.2. The highest BCUT2D eigenvalue weighted by atomic mass is 16.5. The van der Waals surface area contributed by atoms with Crippen molar-refractivity contribution in [3.8, 4) is 5.75 Å². The van der Waals surface area contributed by atoms with Crippen molar-refractivity contribution >= 4 is 22.4 Å². The molecule has 1 N–H and O–H groups in total. The van der Waals surface area contributed by atoms with E-state index in [-0.39, 0.29) is 5.91 Å². The molecule has 0 unspecified atom stereocenters. The van der Waals surface area contributed by atoms with Crippen LogP contribution in [0.4, 0.5) is 5.69 Å². The molecule has 24 heavy (non-hydrogen) atoms. The maximum Gasteiger partial charge on any atom is 0.255 e. The van der Waals surface area contributed by atoms with Crippen molar-refractivity contribution in [2.24, 2.45) is 0 Å². The first-order valence-electron chi connectivity index (χ1n) is 8.30. The summed E-state index contributed by atoms with van der Waals surface area (Å²) in [5.74, 6) is 0.677. The van der Waals surface area contributed by atoms with E-state index in [9.17, 15) is 4.79 Å². The molecule has 0 aliphatic rings. The summed E-state index contributed by atoms with van der Waals surface area (Å²) in [6.45, 7) is 2.84. The third-order valence-corrected chi connectivity index (χ3v) is 3.92. The van der Waals surface area contributed by atoms with Gasteiger partial charge in [0.1, 0.15) is 5.75 Å². The smallest absolute Gasteiger partial charge is 0.255 e. The maximum atomic E-state index is 12.5. The van der Waals surface area contributed by atoms with Gasteiger partial charge in [-0.05, 0) is 42.1 Å². The third kappa shape index (κ3) is 3.74. The Bertz CT molecular complexity index is 819. The number of ether oxygens (including phenoxy) is 1. The minimum Gasteiger partial charge on any atom is -0.494 e. The van der Waals surface area contributed by atoms with Gasteiger partial charge in [-0.1, -0.05) is 49.7 Å². The second-order valence-corrected chi connectivity index (χ2v) is 5.71. The molecule has 0 saturated heterocycles. The van der Waals surface area contributed by atoms with E-state index in [0.29, 0.717) is 12.2 Å². The number of fused-ring (bicyclic) bond motifs is 1. The van der Waals surface area contributed by atoms with Crippen molar-refractivity contribution in [1.29, 1.82) is 0 Å². The average molecular weight is 319 g/mol. The standard InChI is InChI=1S/C21H21NO2/c1-2-3-15-24-18-13-11-17(12-14-18)21(23)22-20-10-6-8-16-7-4-5-9-19(16)20/h4-14H,2-3,15H2,1H3,(H,22,23). The van der Waals surface area contributed by atoms with Crippen molar-refractivity contribution in [2.75, 3.05) is 11.9 Å². The van der Waals surface area contributed by atoms with Crippen molar-refractivity contribution in [3.05, 3.63) is 72.3 Å². The summed E-state index contributed by atoms with van der Waals surface area (Å²) >= 11 is 0. The fourth-order valence-electron chi connectivity index (χ4n) is 2.57. The van der Waals surface area contributed by atoms with Gasteiger partial charge < -0.3 is 10.1 Å². The number of amides is 1. The molecule has 0 aliphatic carbocycles. The number of carbonyl (C=O) groups is 1. The third-order valence-electron chi connectivity index (χ3n) is 3.92. The first-order valence-corrected chi connectivity index (χ1v) is 8.30. The molecule has 0 atom stereocenters. The molecule has 3 heteroatoms. The van der Waals surface area contributed by atoms with Crippen LogP contribution in [-0.2, 0) is 0 Å². The van der Waals surface area contributed by atoms with Crippen LogP contribution in [0.3, 0.4) is 0 Å². The Morgan fingerprint density at radius 1 is 0.958 bits per heavy atom. The number of rotatable bonds is 6. The van der Waals surface area contributed by atoms with Gasteiger partial charge in [0, 0.05) is 16.6 Å². The van der Waals surface area contributed by atoms with E-state index in [1.807, 2.05) is 54.6 Å². The summed E-state index contributed by atoms with van der Waals surface area (Å²) in [4.78, 5) is 12.5. The Kier molecular flexibility index (Phi) is 5.12. The van der Waals surface area contributed by atoms with Gasteiger partial charge in [-0.2, -0.15) is 0 Å². The molecule has 1 amide bonds. The normalized spacial score (nSPS) is 10.5. The second-order valence-electron chi connectivity index (χ2n) is 5.71. The molecule has 0 aromatic heterocycles. The molecule has 0 spiro atoms. The highest BCUT2D eigenvalue weighted by Gasteiger charge is 2.08. The first kappa shape index (κ1) is 16.1. The number of benzene rings is 3.